The number of halogens is 1. The molecule has 2 saturated heterocycles. The summed E-state index contributed by atoms with van der Waals surface area (Å²) < 4.78 is 36.1. The topological polar surface area (TPSA) is 49.4 Å². The van der Waals surface area contributed by atoms with E-state index in [0.717, 1.165) is 5.56 Å². The largest absolute Gasteiger partial charge is 0.357 e. The average Bonchev–Trinajstić information content (AvgIpc) is 2.75. The maximum Gasteiger partial charge on any atom is 0.169 e. The van der Waals surface area contributed by atoms with E-state index < -0.39 is 9.84 Å². The Morgan fingerprint density at radius 1 is 1.32 bits per heavy atom. The zero-order valence-corrected chi connectivity index (χ0v) is 11.7. The van der Waals surface area contributed by atoms with Crippen molar-refractivity contribution in [3.8, 4) is 0 Å². The Morgan fingerprint density at radius 2 is 2.00 bits per heavy atom. The predicted octanol–water partition coefficient (Wildman–Crippen LogP) is 0.681. The molecule has 0 spiro atoms. The zero-order valence-electron chi connectivity index (χ0n) is 10.0. The molecule has 4 nitrogen and oxygen atoms in total. The fraction of sp³-hybridized carbons (Fsp3) is 0.417. The molecule has 3 rings (SSSR count). The summed E-state index contributed by atoms with van der Waals surface area (Å²) in [5.74, 6) is -0.0174. The van der Waals surface area contributed by atoms with Gasteiger partial charge in [0.25, 0.3) is 0 Å². The molecule has 1 aromatic carbocycles. The summed E-state index contributed by atoms with van der Waals surface area (Å²) in [5.41, 5.74) is 0.912. The van der Waals surface area contributed by atoms with Crippen molar-refractivity contribution < 1.29 is 12.8 Å². The van der Waals surface area contributed by atoms with Crippen molar-refractivity contribution in [2.45, 2.75) is 18.6 Å². The molecule has 2 unspecified atom stereocenters. The van der Waals surface area contributed by atoms with Gasteiger partial charge >= 0.3 is 0 Å². The standard InChI is InChI=1S/C12H13FN2O2S2/c13-9-3-1-8(2-4-9)5-15-11-7-19(16,17)6-10(11)14-12(15)18/h1-4,10-11H,5-7H2,(H,14,18). The molecule has 2 heterocycles. The number of hydrogen-bond donors (Lipinski definition) is 1. The minimum atomic E-state index is -2.98. The quantitative estimate of drug-likeness (QED) is 0.814. The first-order chi connectivity index (χ1) is 8.94. The highest BCUT2D eigenvalue weighted by molar-refractivity contribution is 7.91. The molecule has 2 atom stereocenters. The van der Waals surface area contributed by atoms with Crippen LogP contribution in [0, 0.1) is 5.82 Å². The van der Waals surface area contributed by atoms with Gasteiger partial charge in [-0.1, -0.05) is 12.1 Å². The van der Waals surface area contributed by atoms with Crippen molar-refractivity contribution in [2.24, 2.45) is 0 Å². The molecule has 1 aromatic rings. The normalized spacial score (nSPS) is 28.3. The second-order valence-electron chi connectivity index (χ2n) is 4.95. The molecule has 0 aliphatic carbocycles. The first-order valence-electron chi connectivity index (χ1n) is 5.97. The predicted molar refractivity (Wildman–Crippen MR) is 73.9 cm³/mol. The Hall–Kier alpha value is -1.21. The minimum absolute atomic E-state index is 0.109. The lowest BCUT2D eigenvalue weighted by Crippen LogP contribution is -2.36. The van der Waals surface area contributed by atoms with Gasteiger partial charge in [-0.2, -0.15) is 0 Å². The number of benzene rings is 1. The second kappa shape index (κ2) is 4.42. The molecule has 7 heteroatoms. The number of rotatable bonds is 2. The van der Waals surface area contributed by atoms with Crippen LogP contribution in [0.5, 0.6) is 0 Å². The van der Waals surface area contributed by atoms with Gasteiger partial charge in [0.15, 0.2) is 14.9 Å². The van der Waals surface area contributed by atoms with Gasteiger partial charge in [-0.3, -0.25) is 0 Å². The van der Waals surface area contributed by atoms with Crippen molar-refractivity contribution in [3.63, 3.8) is 0 Å². The van der Waals surface area contributed by atoms with Crippen LogP contribution in [0.1, 0.15) is 5.56 Å². The summed E-state index contributed by atoms with van der Waals surface area (Å²) in [7, 11) is -2.98. The third-order valence-electron chi connectivity index (χ3n) is 3.56. The van der Waals surface area contributed by atoms with Crippen LogP contribution in [0.15, 0.2) is 24.3 Å². The Balaban J connectivity index is 1.80. The van der Waals surface area contributed by atoms with Crippen LogP contribution in [0.4, 0.5) is 4.39 Å². The molecule has 19 heavy (non-hydrogen) atoms. The van der Waals surface area contributed by atoms with Gasteiger partial charge < -0.3 is 10.2 Å². The summed E-state index contributed by atoms with van der Waals surface area (Å²) in [4.78, 5) is 1.89. The molecule has 0 saturated carbocycles. The Labute approximate surface area is 116 Å². The maximum atomic E-state index is 12.9. The molecule has 2 fully saturated rings. The van der Waals surface area contributed by atoms with Crippen LogP contribution in [-0.4, -0.2) is 42.0 Å². The second-order valence-corrected chi connectivity index (χ2v) is 7.50. The van der Waals surface area contributed by atoms with Gasteiger partial charge in [0.1, 0.15) is 5.82 Å². The third-order valence-corrected chi connectivity index (χ3v) is 5.63. The molecule has 0 amide bonds. The first kappa shape index (κ1) is 12.8. The summed E-state index contributed by atoms with van der Waals surface area (Å²) in [6.45, 7) is 0.503. The van der Waals surface area contributed by atoms with Crippen molar-refractivity contribution >= 4 is 27.2 Å². The zero-order chi connectivity index (χ0) is 13.6. The van der Waals surface area contributed by atoms with E-state index >= 15 is 0 Å². The molecular weight excluding hydrogens is 287 g/mol. The van der Waals surface area contributed by atoms with Gasteiger partial charge in [0.05, 0.1) is 23.6 Å². The fourth-order valence-electron chi connectivity index (χ4n) is 2.64. The number of nitrogens with one attached hydrogen (secondary N) is 1. The smallest absolute Gasteiger partial charge is 0.169 e. The monoisotopic (exact) mass is 300 g/mol. The number of nitrogens with zero attached hydrogens (tertiary/aromatic N) is 1. The SMILES string of the molecule is O=S1(=O)CC2NC(=S)N(Cc3ccc(F)cc3)C2C1. The van der Waals surface area contributed by atoms with Crippen LogP contribution < -0.4 is 5.32 Å². The van der Waals surface area contributed by atoms with Crippen molar-refractivity contribution in [1.82, 2.24) is 10.2 Å². The Morgan fingerprint density at radius 3 is 2.68 bits per heavy atom. The molecule has 2 aliphatic rings. The summed E-state index contributed by atoms with van der Waals surface area (Å²) in [6, 6.07) is 5.94. The summed E-state index contributed by atoms with van der Waals surface area (Å²) in [6.07, 6.45) is 0. The highest BCUT2D eigenvalue weighted by Gasteiger charge is 2.46. The molecule has 0 bridgehead atoms. The molecule has 1 N–H and O–H groups in total. The first-order valence-corrected chi connectivity index (χ1v) is 8.19. The molecular formula is C12H13FN2O2S2. The van der Waals surface area contributed by atoms with E-state index in [1.807, 2.05) is 4.90 Å². The van der Waals surface area contributed by atoms with E-state index in [-0.39, 0.29) is 29.4 Å². The number of thiocarbonyl (C=S) groups is 1. The molecule has 0 radical (unpaired) electrons. The van der Waals surface area contributed by atoms with Crippen LogP contribution in [-0.2, 0) is 16.4 Å². The van der Waals surface area contributed by atoms with Crippen molar-refractivity contribution in [1.29, 1.82) is 0 Å². The van der Waals surface area contributed by atoms with E-state index in [1.54, 1.807) is 12.1 Å². The van der Waals surface area contributed by atoms with Crippen molar-refractivity contribution in [3.05, 3.63) is 35.6 Å². The van der Waals surface area contributed by atoms with E-state index in [4.69, 9.17) is 12.2 Å². The van der Waals surface area contributed by atoms with E-state index in [0.29, 0.717) is 11.7 Å². The molecule has 102 valence electrons. The van der Waals surface area contributed by atoms with Gasteiger partial charge in [-0.15, -0.1) is 0 Å². The molecule has 0 aromatic heterocycles. The lowest BCUT2D eigenvalue weighted by Gasteiger charge is -2.23. The van der Waals surface area contributed by atoms with Gasteiger partial charge in [-0.05, 0) is 29.9 Å². The van der Waals surface area contributed by atoms with E-state index in [1.165, 1.54) is 12.1 Å². The number of sulfone groups is 1. The minimum Gasteiger partial charge on any atom is -0.357 e. The third kappa shape index (κ3) is 2.44. The number of fused-ring (bicyclic) bond motifs is 1. The highest BCUT2D eigenvalue weighted by Crippen LogP contribution is 2.25. The maximum absolute atomic E-state index is 12.9. The van der Waals surface area contributed by atoms with Crippen molar-refractivity contribution in [2.75, 3.05) is 11.5 Å². The van der Waals surface area contributed by atoms with Crippen LogP contribution in [0.2, 0.25) is 0 Å². The van der Waals surface area contributed by atoms with Gasteiger partial charge in [0.2, 0.25) is 0 Å². The lowest BCUT2D eigenvalue weighted by atomic mass is 10.1. The average molecular weight is 300 g/mol. The van der Waals surface area contributed by atoms with Crippen LogP contribution >= 0.6 is 12.2 Å². The fourth-order valence-corrected chi connectivity index (χ4v) is 4.91. The van der Waals surface area contributed by atoms with Crippen LogP contribution in [0.25, 0.3) is 0 Å². The highest BCUT2D eigenvalue weighted by atomic mass is 32.2. The summed E-state index contributed by atoms with van der Waals surface area (Å²) >= 11 is 5.24. The van der Waals surface area contributed by atoms with Crippen LogP contribution in [0.3, 0.4) is 0 Å². The van der Waals surface area contributed by atoms with Gasteiger partial charge in [-0.25, -0.2) is 12.8 Å². The van der Waals surface area contributed by atoms with E-state index in [2.05, 4.69) is 5.32 Å². The Kier molecular flexibility index (Phi) is 2.98. The Bertz CT molecular complexity index is 615. The number of hydrogen-bond acceptors (Lipinski definition) is 3. The van der Waals surface area contributed by atoms with E-state index in [9.17, 15) is 12.8 Å². The summed E-state index contributed by atoms with van der Waals surface area (Å²) in [5, 5.41) is 3.64. The lowest BCUT2D eigenvalue weighted by molar-refractivity contribution is 0.348. The molecule has 2 aliphatic heterocycles. The van der Waals surface area contributed by atoms with Gasteiger partial charge in [0, 0.05) is 6.54 Å².